The van der Waals surface area contributed by atoms with Gasteiger partial charge in [-0.05, 0) is 55.8 Å². The fourth-order valence-corrected chi connectivity index (χ4v) is 3.53. The Morgan fingerprint density at radius 3 is 2.65 bits per heavy atom. The minimum atomic E-state index is -3.85. The highest BCUT2D eigenvalue weighted by atomic mass is 32.2. The Morgan fingerprint density at radius 1 is 1.27 bits per heavy atom. The summed E-state index contributed by atoms with van der Waals surface area (Å²) in [5.41, 5.74) is 0.931. The Kier molecular flexibility index (Phi) is 6.08. The highest BCUT2D eigenvalue weighted by molar-refractivity contribution is 7.89. The third kappa shape index (κ3) is 4.88. The van der Waals surface area contributed by atoms with Crippen molar-refractivity contribution in [3.8, 4) is 6.07 Å². The van der Waals surface area contributed by atoms with Gasteiger partial charge in [-0.1, -0.05) is 6.07 Å². The number of aryl methyl sites for hydroxylation is 1. The minimum absolute atomic E-state index is 0.0311. The maximum Gasteiger partial charge on any atom is 0.255 e. The van der Waals surface area contributed by atoms with Crippen molar-refractivity contribution in [1.82, 2.24) is 4.72 Å². The molecule has 0 saturated carbocycles. The van der Waals surface area contributed by atoms with Crippen molar-refractivity contribution >= 4 is 21.6 Å². The third-order valence-corrected chi connectivity index (χ3v) is 5.16. The van der Waals surface area contributed by atoms with Crippen LogP contribution in [0.15, 0.2) is 47.4 Å². The average Bonchev–Trinajstić information content (AvgIpc) is 2.58. The molecule has 0 aromatic heterocycles. The number of nitrogens with one attached hydrogen (secondary N) is 2. The van der Waals surface area contributed by atoms with Crippen molar-refractivity contribution in [1.29, 1.82) is 5.26 Å². The lowest BCUT2D eigenvalue weighted by Crippen LogP contribution is -2.32. The van der Waals surface area contributed by atoms with Crippen molar-refractivity contribution in [3.05, 3.63) is 59.4 Å². The van der Waals surface area contributed by atoms with E-state index in [-0.39, 0.29) is 22.7 Å². The van der Waals surface area contributed by atoms with Gasteiger partial charge in [0.25, 0.3) is 5.91 Å². The van der Waals surface area contributed by atoms with Crippen molar-refractivity contribution in [2.45, 2.75) is 31.2 Å². The maximum absolute atomic E-state index is 13.3. The second kappa shape index (κ2) is 8.08. The van der Waals surface area contributed by atoms with E-state index in [0.29, 0.717) is 11.3 Å². The number of sulfonamides is 1. The second-order valence-corrected chi connectivity index (χ2v) is 7.54. The molecule has 0 saturated heterocycles. The van der Waals surface area contributed by atoms with Crippen LogP contribution in [0.5, 0.6) is 0 Å². The van der Waals surface area contributed by atoms with E-state index < -0.39 is 22.0 Å². The number of hydrogen-bond acceptors (Lipinski definition) is 4. The molecule has 0 unspecified atom stereocenters. The molecule has 0 fully saturated rings. The molecule has 1 amide bonds. The molecule has 0 aliphatic heterocycles. The zero-order valence-electron chi connectivity index (χ0n) is 14.3. The molecular formula is C18H18FN3O3S. The van der Waals surface area contributed by atoms with Crippen LogP contribution in [0.2, 0.25) is 0 Å². The summed E-state index contributed by atoms with van der Waals surface area (Å²) in [7, 11) is -3.85. The summed E-state index contributed by atoms with van der Waals surface area (Å²) in [4.78, 5) is 12.3. The summed E-state index contributed by atoms with van der Waals surface area (Å²) >= 11 is 0. The summed E-state index contributed by atoms with van der Waals surface area (Å²) < 4.78 is 40.4. The van der Waals surface area contributed by atoms with Crippen LogP contribution in [0.4, 0.5) is 10.1 Å². The van der Waals surface area contributed by atoms with Crippen LogP contribution in [-0.2, 0) is 10.0 Å². The zero-order chi connectivity index (χ0) is 19.3. The monoisotopic (exact) mass is 375 g/mol. The van der Waals surface area contributed by atoms with E-state index in [2.05, 4.69) is 10.0 Å². The van der Waals surface area contributed by atoms with E-state index in [4.69, 9.17) is 5.26 Å². The molecule has 1 atom stereocenters. The number of rotatable bonds is 6. The molecule has 0 aliphatic carbocycles. The van der Waals surface area contributed by atoms with Gasteiger partial charge >= 0.3 is 0 Å². The highest BCUT2D eigenvalue weighted by Crippen LogP contribution is 2.17. The van der Waals surface area contributed by atoms with E-state index in [1.54, 1.807) is 13.8 Å². The van der Waals surface area contributed by atoms with Crippen molar-refractivity contribution in [2.75, 3.05) is 5.32 Å². The summed E-state index contributed by atoms with van der Waals surface area (Å²) in [6.45, 7) is 3.15. The van der Waals surface area contributed by atoms with Crippen LogP contribution >= 0.6 is 0 Å². The van der Waals surface area contributed by atoms with Gasteiger partial charge in [-0.2, -0.15) is 5.26 Å². The lowest BCUT2D eigenvalue weighted by molar-refractivity contribution is 0.102. The van der Waals surface area contributed by atoms with Gasteiger partial charge in [-0.15, -0.1) is 0 Å². The van der Waals surface area contributed by atoms with Gasteiger partial charge in [-0.3, -0.25) is 4.79 Å². The van der Waals surface area contributed by atoms with E-state index in [9.17, 15) is 17.6 Å². The van der Waals surface area contributed by atoms with Crippen LogP contribution in [0.3, 0.4) is 0 Å². The van der Waals surface area contributed by atoms with Crippen LogP contribution in [-0.4, -0.2) is 20.4 Å². The fourth-order valence-electron chi connectivity index (χ4n) is 2.24. The lowest BCUT2D eigenvalue weighted by Gasteiger charge is -2.12. The molecule has 26 heavy (non-hydrogen) atoms. The molecule has 0 bridgehead atoms. The first-order valence-electron chi connectivity index (χ1n) is 7.80. The van der Waals surface area contributed by atoms with E-state index in [0.717, 1.165) is 0 Å². The molecule has 0 heterocycles. The topological polar surface area (TPSA) is 99.1 Å². The molecule has 2 aromatic rings. The number of amides is 1. The van der Waals surface area contributed by atoms with Crippen LogP contribution in [0.1, 0.15) is 29.3 Å². The van der Waals surface area contributed by atoms with Gasteiger partial charge in [0.1, 0.15) is 5.82 Å². The van der Waals surface area contributed by atoms with E-state index >= 15 is 0 Å². The van der Waals surface area contributed by atoms with E-state index in [1.807, 2.05) is 6.07 Å². The van der Waals surface area contributed by atoms with Crippen molar-refractivity contribution < 1.29 is 17.6 Å². The number of carbonyl (C=O) groups is 1. The Labute approximate surface area is 151 Å². The molecule has 2 N–H and O–H groups in total. The van der Waals surface area contributed by atoms with Crippen LogP contribution in [0, 0.1) is 24.1 Å². The summed E-state index contributed by atoms with van der Waals surface area (Å²) in [5, 5.41) is 11.2. The third-order valence-electron chi connectivity index (χ3n) is 3.58. The molecule has 2 aromatic carbocycles. The SMILES string of the molecule is Cc1cc(NC(=O)c2cccc(S(=O)(=O)N[C@H](C)CC#N)c2)ccc1F. The minimum Gasteiger partial charge on any atom is -0.322 e. The van der Waals surface area contributed by atoms with Gasteiger partial charge in [0.05, 0.1) is 17.4 Å². The van der Waals surface area contributed by atoms with Gasteiger partial charge in [-0.25, -0.2) is 17.5 Å². The molecule has 136 valence electrons. The molecule has 0 aliphatic rings. The molecular weight excluding hydrogens is 357 g/mol. The zero-order valence-corrected chi connectivity index (χ0v) is 15.1. The van der Waals surface area contributed by atoms with Gasteiger partial charge in [0, 0.05) is 17.3 Å². The number of carbonyl (C=O) groups excluding carboxylic acids is 1. The second-order valence-electron chi connectivity index (χ2n) is 5.83. The Bertz CT molecular complexity index is 968. The standard InChI is InChI=1S/C18H18FN3O3S/c1-12-10-15(6-7-17(12)19)21-18(23)14-4-3-5-16(11-14)26(24,25)22-13(2)8-9-20/h3-7,10-11,13,22H,8H2,1-2H3,(H,21,23)/t13-/m1/s1. The Hall–Kier alpha value is -2.76. The number of nitriles is 1. The fraction of sp³-hybridized carbons (Fsp3) is 0.222. The predicted octanol–water partition coefficient (Wildman–Crippen LogP) is 2.97. The number of benzene rings is 2. The normalized spacial score (nSPS) is 12.2. The van der Waals surface area contributed by atoms with Crippen LogP contribution in [0.25, 0.3) is 0 Å². The summed E-state index contributed by atoms with van der Waals surface area (Å²) in [5.74, 6) is -0.896. The van der Waals surface area contributed by atoms with Gasteiger partial charge in [0.15, 0.2) is 0 Å². The first-order valence-corrected chi connectivity index (χ1v) is 9.28. The Morgan fingerprint density at radius 2 is 2.00 bits per heavy atom. The number of nitrogens with zero attached hydrogens (tertiary/aromatic N) is 1. The predicted molar refractivity (Wildman–Crippen MR) is 95.5 cm³/mol. The van der Waals surface area contributed by atoms with Crippen LogP contribution < -0.4 is 10.0 Å². The first kappa shape index (κ1) is 19.6. The molecule has 0 radical (unpaired) electrons. The smallest absolute Gasteiger partial charge is 0.255 e. The lowest BCUT2D eigenvalue weighted by atomic mass is 10.2. The molecule has 6 nitrogen and oxygen atoms in total. The van der Waals surface area contributed by atoms with Gasteiger partial charge < -0.3 is 5.32 Å². The number of hydrogen-bond donors (Lipinski definition) is 2. The van der Waals surface area contributed by atoms with Gasteiger partial charge in [0.2, 0.25) is 10.0 Å². The van der Waals surface area contributed by atoms with Crippen molar-refractivity contribution in [3.63, 3.8) is 0 Å². The number of halogens is 1. The van der Waals surface area contributed by atoms with Crippen molar-refractivity contribution in [2.24, 2.45) is 0 Å². The molecule has 2 rings (SSSR count). The largest absolute Gasteiger partial charge is 0.322 e. The first-order chi connectivity index (χ1) is 12.2. The molecule has 8 heteroatoms. The highest BCUT2D eigenvalue weighted by Gasteiger charge is 2.19. The Balaban J connectivity index is 2.21. The summed E-state index contributed by atoms with van der Waals surface area (Å²) in [6.07, 6.45) is 0.0311. The summed E-state index contributed by atoms with van der Waals surface area (Å²) in [6, 6.07) is 11.0. The van der Waals surface area contributed by atoms with E-state index in [1.165, 1.54) is 42.5 Å². The molecule has 0 spiro atoms. The quantitative estimate of drug-likeness (QED) is 0.811. The number of anilines is 1. The maximum atomic E-state index is 13.3. The average molecular weight is 375 g/mol.